The topological polar surface area (TPSA) is 54.7 Å². The van der Waals surface area contributed by atoms with E-state index in [4.69, 9.17) is 9.15 Å². The highest BCUT2D eigenvalue weighted by molar-refractivity contribution is 5.75. The number of hydrogen-bond donors (Lipinski definition) is 1. The second kappa shape index (κ2) is 5.91. The average Bonchev–Trinajstić information content (AvgIpc) is 2.87. The van der Waals surface area contributed by atoms with Crippen LogP contribution >= 0.6 is 0 Å². The van der Waals surface area contributed by atoms with E-state index in [2.05, 4.69) is 5.32 Å². The molecule has 0 bridgehead atoms. The number of hydrogen-bond acceptors (Lipinski definition) is 3. The molecule has 5 nitrogen and oxygen atoms in total. The number of carbonyl (C=O) groups excluding carboxylic acids is 1. The highest BCUT2D eigenvalue weighted by Gasteiger charge is 2.32. The fourth-order valence-electron chi connectivity index (χ4n) is 2.22. The Balaban J connectivity index is 1.40. The molecule has 2 amide bonds. The number of furan rings is 1. The number of likely N-dealkylation sites (tertiary alicyclic amines) is 1. The van der Waals surface area contributed by atoms with Gasteiger partial charge in [-0.15, -0.1) is 0 Å². The van der Waals surface area contributed by atoms with Gasteiger partial charge in [0.1, 0.15) is 23.4 Å². The molecule has 1 aliphatic rings. The normalized spacial score (nSPS) is 14.6. The first-order valence-corrected chi connectivity index (χ1v) is 7.00. The third-order valence-corrected chi connectivity index (χ3v) is 3.39. The zero-order valence-corrected chi connectivity index (χ0v) is 11.9. The zero-order chi connectivity index (χ0) is 14.7. The van der Waals surface area contributed by atoms with Gasteiger partial charge in [0.25, 0.3) is 0 Å². The van der Waals surface area contributed by atoms with Gasteiger partial charge in [0.05, 0.1) is 19.6 Å². The van der Waals surface area contributed by atoms with Gasteiger partial charge >= 0.3 is 6.03 Å². The molecule has 5 heteroatoms. The standard InChI is InChI=1S/C16H18N2O3/c1-12-7-8-14(20-12)9-17-16(19)18-10-15(11-18)21-13-5-3-2-4-6-13/h2-8,15H,9-11H2,1H3,(H,17,19). The van der Waals surface area contributed by atoms with E-state index < -0.39 is 0 Å². The molecule has 0 unspecified atom stereocenters. The van der Waals surface area contributed by atoms with Gasteiger partial charge in [-0.05, 0) is 31.2 Å². The Hall–Kier alpha value is -2.43. The van der Waals surface area contributed by atoms with Gasteiger partial charge in [0.15, 0.2) is 0 Å². The summed E-state index contributed by atoms with van der Waals surface area (Å²) in [5.41, 5.74) is 0. The summed E-state index contributed by atoms with van der Waals surface area (Å²) >= 11 is 0. The highest BCUT2D eigenvalue weighted by Crippen LogP contribution is 2.17. The molecule has 1 saturated heterocycles. The molecular weight excluding hydrogens is 268 g/mol. The number of aryl methyl sites for hydroxylation is 1. The third kappa shape index (κ3) is 3.37. The van der Waals surface area contributed by atoms with Crippen molar-refractivity contribution in [1.29, 1.82) is 0 Å². The van der Waals surface area contributed by atoms with Crippen molar-refractivity contribution in [2.45, 2.75) is 19.6 Å². The van der Waals surface area contributed by atoms with Crippen molar-refractivity contribution in [1.82, 2.24) is 10.2 Å². The Labute approximate surface area is 123 Å². The molecule has 21 heavy (non-hydrogen) atoms. The summed E-state index contributed by atoms with van der Waals surface area (Å²) in [4.78, 5) is 13.6. The molecule has 1 aliphatic heterocycles. The number of rotatable bonds is 4. The Morgan fingerprint density at radius 3 is 2.71 bits per heavy atom. The van der Waals surface area contributed by atoms with Crippen LogP contribution in [0.5, 0.6) is 5.75 Å². The molecule has 1 N–H and O–H groups in total. The molecule has 3 rings (SSSR count). The largest absolute Gasteiger partial charge is 0.487 e. The maximum atomic E-state index is 11.9. The van der Waals surface area contributed by atoms with E-state index in [-0.39, 0.29) is 12.1 Å². The van der Waals surface area contributed by atoms with Crippen LogP contribution in [0.4, 0.5) is 4.79 Å². The van der Waals surface area contributed by atoms with Crippen molar-refractivity contribution in [3.63, 3.8) is 0 Å². The monoisotopic (exact) mass is 286 g/mol. The summed E-state index contributed by atoms with van der Waals surface area (Å²) in [5.74, 6) is 2.45. The van der Waals surface area contributed by atoms with Crippen LogP contribution in [0.1, 0.15) is 11.5 Å². The maximum absolute atomic E-state index is 11.9. The second-order valence-corrected chi connectivity index (χ2v) is 5.13. The predicted octanol–water partition coefficient (Wildman–Crippen LogP) is 2.56. The quantitative estimate of drug-likeness (QED) is 0.939. The van der Waals surface area contributed by atoms with Crippen molar-refractivity contribution in [2.24, 2.45) is 0 Å². The maximum Gasteiger partial charge on any atom is 0.318 e. The number of amides is 2. The molecule has 2 aromatic rings. The van der Waals surface area contributed by atoms with Crippen LogP contribution in [0.15, 0.2) is 46.9 Å². The molecule has 1 aromatic carbocycles. The third-order valence-electron chi connectivity index (χ3n) is 3.39. The first-order valence-electron chi connectivity index (χ1n) is 7.00. The van der Waals surface area contributed by atoms with Gasteiger partial charge in [0, 0.05) is 0 Å². The number of ether oxygens (including phenoxy) is 1. The lowest BCUT2D eigenvalue weighted by Gasteiger charge is -2.38. The van der Waals surface area contributed by atoms with Gasteiger partial charge in [0.2, 0.25) is 0 Å². The molecule has 0 spiro atoms. The minimum Gasteiger partial charge on any atom is -0.487 e. The molecule has 110 valence electrons. The lowest BCUT2D eigenvalue weighted by atomic mass is 10.2. The van der Waals surface area contributed by atoms with Crippen LogP contribution in [0.3, 0.4) is 0 Å². The summed E-state index contributed by atoms with van der Waals surface area (Å²) in [7, 11) is 0. The van der Waals surface area contributed by atoms with E-state index in [1.54, 1.807) is 4.90 Å². The van der Waals surface area contributed by atoms with E-state index in [1.165, 1.54) is 0 Å². The summed E-state index contributed by atoms with van der Waals surface area (Å²) in [6.07, 6.45) is 0.0732. The SMILES string of the molecule is Cc1ccc(CNC(=O)N2CC(Oc3ccccc3)C2)o1. The Bertz CT molecular complexity index is 603. The van der Waals surface area contributed by atoms with Gasteiger partial charge in [-0.2, -0.15) is 0 Å². The second-order valence-electron chi connectivity index (χ2n) is 5.13. The van der Waals surface area contributed by atoms with E-state index in [0.29, 0.717) is 19.6 Å². The number of para-hydroxylation sites is 1. The summed E-state index contributed by atoms with van der Waals surface area (Å²) in [6, 6.07) is 13.3. The van der Waals surface area contributed by atoms with Crippen LogP contribution < -0.4 is 10.1 Å². The summed E-state index contributed by atoms with van der Waals surface area (Å²) in [6.45, 7) is 3.51. The first-order chi connectivity index (χ1) is 10.2. The number of urea groups is 1. The van der Waals surface area contributed by atoms with E-state index in [0.717, 1.165) is 17.3 Å². The van der Waals surface area contributed by atoms with Gasteiger partial charge < -0.3 is 19.4 Å². The van der Waals surface area contributed by atoms with Crippen LogP contribution in [0, 0.1) is 6.92 Å². The van der Waals surface area contributed by atoms with Gasteiger partial charge in [-0.25, -0.2) is 4.79 Å². The number of nitrogens with zero attached hydrogens (tertiary/aromatic N) is 1. The Morgan fingerprint density at radius 2 is 2.05 bits per heavy atom. The molecule has 0 aliphatic carbocycles. The summed E-state index contributed by atoms with van der Waals surface area (Å²) in [5, 5.41) is 2.84. The zero-order valence-electron chi connectivity index (χ0n) is 11.9. The van der Waals surface area contributed by atoms with Crippen LogP contribution in [-0.4, -0.2) is 30.1 Å². The van der Waals surface area contributed by atoms with Crippen molar-refractivity contribution < 1.29 is 13.9 Å². The molecule has 2 heterocycles. The fraction of sp³-hybridized carbons (Fsp3) is 0.312. The van der Waals surface area contributed by atoms with E-state index in [1.807, 2.05) is 49.4 Å². The number of nitrogens with one attached hydrogen (secondary N) is 1. The van der Waals surface area contributed by atoms with Gasteiger partial charge in [-0.3, -0.25) is 0 Å². The van der Waals surface area contributed by atoms with Crippen LogP contribution in [0.2, 0.25) is 0 Å². The molecule has 1 aromatic heterocycles. The highest BCUT2D eigenvalue weighted by atomic mass is 16.5. The van der Waals surface area contributed by atoms with Crippen molar-refractivity contribution in [2.75, 3.05) is 13.1 Å². The van der Waals surface area contributed by atoms with E-state index >= 15 is 0 Å². The van der Waals surface area contributed by atoms with Crippen molar-refractivity contribution in [3.8, 4) is 5.75 Å². The predicted molar refractivity (Wildman–Crippen MR) is 78.1 cm³/mol. The minimum absolute atomic E-state index is 0.0732. The van der Waals surface area contributed by atoms with Crippen molar-refractivity contribution >= 4 is 6.03 Å². The first kappa shape index (κ1) is 13.5. The molecule has 0 saturated carbocycles. The minimum atomic E-state index is -0.0861. The lowest BCUT2D eigenvalue weighted by Crippen LogP contribution is -2.58. The molecule has 0 radical (unpaired) electrons. The van der Waals surface area contributed by atoms with Crippen molar-refractivity contribution in [3.05, 3.63) is 54.0 Å². The Morgan fingerprint density at radius 1 is 1.29 bits per heavy atom. The molecule has 1 fully saturated rings. The number of carbonyl (C=O) groups is 1. The van der Waals surface area contributed by atoms with Crippen LogP contribution in [0.25, 0.3) is 0 Å². The lowest BCUT2D eigenvalue weighted by molar-refractivity contribution is 0.0442. The molecular formula is C16H18N2O3. The molecule has 0 atom stereocenters. The fourth-order valence-corrected chi connectivity index (χ4v) is 2.22. The Kier molecular flexibility index (Phi) is 3.81. The van der Waals surface area contributed by atoms with E-state index in [9.17, 15) is 4.79 Å². The van der Waals surface area contributed by atoms with Crippen LogP contribution in [-0.2, 0) is 6.54 Å². The number of benzene rings is 1. The smallest absolute Gasteiger partial charge is 0.318 e. The summed E-state index contributed by atoms with van der Waals surface area (Å²) < 4.78 is 11.2. The van der Waals surface area contributed by atoms with Gasteiger partial charge in [-0.1, -0.05) is 18.2 Å². The average molecular weight is 286 g/mol.